The van der Waals surface area contributed by atoms with Crippen LogP contribution in [0.4, 0.5) is 0 Å². The van der Waals surface area contributed by atoms with Gasteiger partial charge in [0.2, 0.25) is 0 Å². The number of ketones is 1. The molecule has 0 unspecified atom stereocenters. The number of allylic oxidation sites excluding steroid dienone is 1. The Morgan fingerprint density at radius 1 is 1.15 bits per heavy atom. The number of nitrogens with two attached hydrogens (primary N) is 1. The van der Waals surface area contributed by atoms with Crippen LogP contribution in [0.15, 0.2) is 24.3 Å². The molecule has 6 rings (SSSR count). The highest BCUT2D eigenvalue weighted by atomic mass is 16.1. The van der Waals surface area contributed by atoms with E-state index >= 15 is 0 Å². The molecule has 4 bridgehead atoms. The van der Waals surface area contributed by atoms with Crippen molar-refractivity contribution in [1.82, 2.24) is 5.32 Å². The number of carbonyl (C=O) groups excluding carboxylic acids is 1. The molecule has 1 aromatic rings. The molecule has 0 aromatic heterocycles. The number of rotatable bonds is 3. The van der Waals surface area contributed by atoms with Gasteiger partial charge in [0.05, 0.1) is 0 Å². The van der Waals surface area contributed by atoms with Crippen molar-refractivity contribution in [2.24, 2.45) is 28.9 Å². The van der Waals surface area contributed by atoms with Gasteiger partial charge in [-0.15, -0.1) is 0 Å². The Hall–Kier alpha value is -1.61. The summed E-state index contributed by atoms with van der Waals surface area (Å²) in [6.45, 7) is 4.97. The Morgan fingerprint density at radius 2 is 1.78 bits per heavy atom. The van der Waals surface area contributed by atoms with E-state index in [2.05, 4.69) is 37.4 Å². The van der Waals surface area contributed by atoms with Gasteiger partial charge in [0.1, 0.15) is 0 Å². The molecule has 3 heteroatoms. The largest absolute Gasteiger partial charge is 0.379 e. The fourth-order valence-corrected chi connectivity index (χ4v) is 6.92. The van der Waals surface area contributed by atoms with Crippen molar-refractivity contribution in [3.63, 3.8) is 0 Å². The lowest BCUT2D eigenvalue weighted by Crippen LogP contribution is -2.50. The second-order valence-corrected chi connectivity index (χ2v) is 10.5. The van der Waals surface area contributed by atoms with Gasteiger partial charge in [-0.2, -0.15) is 0 Å². The van der Waals surface area contributed by atoms with Crippen LogP contribution < -0.4 is 11.1 Å². The van der Waals surface area contributed by atoms with Gasteiger partial charge in [0.15, 0.2) is 5.78 Å². The zero-order chi connectivity index (χ0) is 18.8. The van der Waals surface area contributed by atoms with Crippen LogP contribution in [-0.2, 0) is 17.8 Å². The molecule has 27 heavy (non-hydrogen) atoms. The lowest BCUT2D eigenvalue weighted by molar-refractivity contribution is -0.138. The molecule has 0 spiro atoms. The van der Waals surface area contributed by atoms with Gasteiger partial charge in [0.25, 0.3) is 0 Å². The highest BCUT2D eigenvalue weighted by Crippen LogP contribution is 2.60. The van der Waals surface area contributed by atoms with E-state index in [0.29, 0.717) is 12.3 Å². The average molecular weight is 365 g/mol. The molecule has 4 aliphatic carbocycles. The Balaban J connectivity index is 1.52. The lowest BCUT2D eigenvalue weighted by Gasteiger charge is -2.55. The molecule has 4 fully saturated rings. The first-order valence-corrected chi connectivity index (χ1v) is 10.7. The van der Waals surface area contributed by atoms with Crippen LogP contribution in [0, 0.1) is 23.2 Å². The first kappa shape index (κ1) is 17.5. The molecule has 0 amide bonds. The minimum absolute atomic E-state index is 0.0369. The maximum Gasteiger partial charge on any atom is 0.163 e. The van der Waals surface area contributed by atoms with E-state index in [1.165, 1.54) is 30.4 Å². The third-order valence-corrected chi connectivity index (χ3v) is 7.64. The number of hydrogen-bond donors (Lipinski definition) is 2. The summed E-state index contributed by atoms with van der Waals surface area (Å²) < 4.78 is 0. The zero-order valence-electron chi connectivity index (χ0n) is 16.7. The van der Waals surface area contributed by atoms with Crippen molar-refractivity contribution in [1.29, 1.82) is 0 Å². The van der Waals surface area contributed by atoms with Gasteiger partial charge in [0, 0.05) is 34.8 Å². The smallest absolute Gasteiger partial charge is 0.163 e. The summed E-state index contributed by atoms with van der Waals surface area (Å²) in [4.78, 5) is 13.6. The molecule has 4 saturated carbocycles. The summed E-state index contributed by atoms with van der Waals surface area (Å²) in [5, 5.41) is 3.66. The third kappa shape index (κ3) is 2.95. The summed E-state index contributed by atoms with van der Waals surface area (Å²) in [6, 6.07) is 6.50. The van der Waals surface area contributed by atoms with Crippen LogP contribution >= 0.6 is 0 Å². The van der Waals surface area contributed by atoms with E-state index in [0.717, 1.165) is 54.7 Å². The lowest BCUT2D eigenvalue weighted by atomic mass is 9.48. The number of carbonyl (C=O) groups is 1. The molecule has 3 N–H and O–H groups in total. The molecule has 1 heterocycles. The summed E-state index contributed by atoms with van der Waals surface area (Å²) in [6.07, 6.45) is 10.4. The van der Waals surface area contributed by atoms with Gasteiger partial charge in [-0.25, -0.2) is 0 Å². The van der Waals surface area contributed by atoms with Crippen LogP contribution in [0.1, 0.15) is 69.1 Å². The van der Waals surface area contributed by atoms with Gasteiger partial charge in [-0.05, 0) is 93.7 Å². The first-order chi connectivity index (χ1) is 12.9. The van der Waals surface area contributed by atoms with E-state index < -0.39 is 0 Å². The topological polar surface area (TPSA) is 55.1 Å². The van der Waals surface area contributed by atoms with Gasteiger partial charge < -0.3 is 11.1 Å². The molecular weight excluding hydrogens is 332 g/mol. The molecule has 1 aromatic carbocycles. The minimum Gasteiger partial charge on any atom is -0.379 e. The van der Waals surface area contributed by atoms with Gasteiger partial charge >= 0.3 is 0 Å². The summed E-state index contributed by atoms with van der Waals surface area (Å²) >= 11 is 0. The molecule has 3 nitrogen and oxygen atoms in total. The van der Waals surface area contributed by atoms with E-state index in [4.69, 9.17) is 5.73 Å². The van der Waals surface area contributed by atoms with Crippen molar-refractivity contribution in [2.75, 3.05) is 0 Å². The first-order valence-electron chi connectivity index (χ1n) is 10.7. The normalized spacial score (nSPS) is 37.1. The standard InChI is InChI=1S/C24H32N2O/c1-23(2)13-19-4-3-15(14-25)8-20(19)21(26-23)9-22(27)24-10-16-5-17(11-24)7-18(6-16)12-24/h3-4,8-9,16-18,26H,5-7,10-14,25H2,1-2H3/b21-9-. The van der Waals surface area contributed by atoms with Crippen molar-refractivity contribution < 1.29 is 4.79 Å². The van der Waals surface area contributed by atoms with Crippen LogP contribution in [0.3, 0.4) is 0 Å². The molecule has 5 aliphatic rings. The van der Waals surface area contributed by atoms with Crippen LogP contribution in [0.2, 0.25) is 0 Å². The fourth-order valence-electron chi connectivity index (χ4n) is 6.92. The monoisotopic (exact) mass is 364 g/mol. The second-order valence-electron chi connectivity index (χ2n) is 10.5. The Morgan fingerprint density at radius 3 is 2.37 bits per heavy atom. The van der Waals surface area contributed by atoms with Crippen LogP contribution in [-0.4, -0.2) is 11.3 Å². The van der Waals surface area contributed by atoms with Crippen LogP contribution in [0.5, 0.6) is 0 Å². The van der Waals surface area contributed by atoms with Crippen molar-refractivity contribution in [2.45, 2.75) is 70.9 Å². The second kappa shape index (κ2) is 5.94. The number of benzene rings is 1. The maximum atomic E-state index is 13.6. The molecular formula is C24H32N2O. The van der Waals surface area contributed by atoms with E-state index in [-0.39, 0.29) is 11.0 Å². The van der Waals surface area contributed by atoms with E-state index in [9.17, 15) is 4.79 Å². The minimum atomic E-state index is -0.0728. The predicted octanol–water partition coefficient (Wildman–Crippen LogP) is 4.20. The highest BCUT2D eigenvalue weighted by molar-refractivity contribution is 6.01. The van der Waals surface area contributed by atoms with E-state index in [1.54, 1.807) is 0 Å². The van der Waals surface area contributed by atoms with Gasteiger partial charge in [-0.3, -0.25) is 4.79 Å². The number of hydrogen-bond acceptors (Lipinski definition) is 3. The third-order valence-electron chi connectivity index (χ3n) is 7.64. The summed E-state index contributed by atoms with van der Waals surface area (Å²) in [5.41, 5.74) is 10.4. The van der Waals surface area contributed by atoms with Crippen molar-refractivity contribution in [3.05, 3.63) is 41.0 Å². The molecule has 0 saturated heterocycles. The highest BCUT2D eigenvalue weighted by Gasteiger charge is 2.54. The Labute approximate surface area is 162 Å². The average Bonchev–Trinajstić information content (AvgIpc) is 2.59. The van der Waals surface area contributed by atoms with Gasteiger partial charge in [-0.1, -0.05) is 12.1 Å². The Bertz CT molecular complexity index is 784. The quantitative estimate of drug-likeness (QED) is 0.791. The summed E-state index contributed by atoms with van der Waals surface area (Å²) in [7, 11) is 0. The molecule has 1 aliphatic heterocycles. The predicted molar refractivity (Wildman–Crippen MR) is 109 cm³/mol. The molecule has 0 atom stereocenters. The fraction of sp³-hybridized carbons (Fsp3) is 0.625. The van der Waals surface area contributed by atoms with Crippen LogP contribution in [0.25, 0.3) is 5.70 Å². The molecule has 0 radical (unpaired) electrons. The number of nitrogens with one attached hydrogen (secondary N) is 1. The zero-order valence-corrected chi connectivity index (χ0v) is 16.7. The summed E-state index contributed by atoms with van der Waals surface area (Å²) in [5.74, 6) is 2.77. The van der Waals surface area contributed by atoms with E-state index in [1.807, 2.05) is 6.08 Å². The van der Waals surface area contributed by atoms with Crippen molar-refractivity contribution >= 4 is 11.5 Å². The Kier molecular flexibility index (Phi) is 3.85. The SMILES string of the molecule is CC1(C)Cc2ccc(CN)cc2/C(=C/C(=O)C23CC4CC(CC(C4)C2)C3)N1. The maximum absolute atomic E-state index is 13.6. The molecule has 144 valence electrons. The van der Waals surface area contributed by atoms with Crippen molar-refractivity contribution in [3.8, 4) is 0 Å². The number of fused-ring (bicyclic) bond motifs is 1.